The van der Waals surface area contributed by atoms with Gasteiger partial charge in [-0.15, -0.1) is 0 Å². The molecule has 4 N–H and O–H groups in total. The van der Waals surface area contributed by atoms with Crippen molar-refractivity contribution in [3.05, 3.63) is 61.3 Å². The van der Waals surface area contributed by atoms with Gasteiger partial charge in [0.05, 0.1) is 21.5 Å². The Hall–Kier alpha value is -3.60. The van der Waals surface area contributed by atoms with E-state index in [1.54, 1.807) is 0 Å². The molecule has 3 aromatic carbocycles. The largest absolute Gasteiger partial charge is 0.503 e. The first-order chi connectivity index (χ1) is 13.5. The summed E-state index contributed by atoms with van der Waals surface area (Å²) in [6.07, 6.45) is 0. The van der Waals surface area contributed by atoms with Crippen LogP contribution in [0.2, 0.25) is 0 Å². The van der Waals surface area contributed by atoms with Crippen LogP contribution in [0.4, 0.5) is 0 Å². The minimum Gasteiger partial charge on any atom is -0.503 e. The fraction of sp³-hybridized carbons (Fsp3) is 0. The molecular formula is C14H4O14S2. The second kappa shape index (κ2) is 5.95. The Labute approximate surface area is 161 Å². The van der Waals surface area contributed by atoms with E-state index in [0.29, 0.717) is 0 Å². The summed E-state index contributed by atoms with van der Waals surface area (Å²) in [5.74, 6) is -3.95. The van der Waals surface area contributed by atoms with Crippen LogP contribution in [0.5, 0.6) is 11.5 Å². The summed E-state index contributed by atoms with van der Waals surface area (Å²) >= 11 is 0. The minimum atomic E-state index is -5.62. The summed E-state index contributed by atoms with van der Waals surface area (Å²) in [6, 6.07) is 0. The quantitative estimate of drug-likeness (QED) is 0.213. The van der Waals surface area contributed by atoms with Crippen LogP contribution in [0.1, 0.15) is 0 Å². The summed E-state index contributed by atoms with van der Waals surface area (Å²) in [5.41, 5.74) is -12.0. The van der Waals surface area contributed by atoms with E-state index in [9.17, 15) is 55.8 Å². The topological polar surface area (TPSA) is 252 Å². The van der Waals surface area contributed by atoms with Crippen molar-refractivity contribution in [2.75, 3.05) is 0 Å². The highest BCUT2D eigenvalue weighted by molar-refractivity contribution is 7.86. The smallest absolute Gasteiger partial charge is 0.302 e. The van der Waals surface area contributed by atoms with E-state index in [0.717, 1.165) is 0 Å². The van der Waals surface area contributed by atoms with Crippen molar-refractivity contribution in [3.8, 4) is 11.5 Å². The van der Waals surface area contributed by atoms with E-state index in [2.05, 4.69) is 0 Å². The molecule has 0 saturated carbocycles. The second-order valence-corrected chi connectivity index (χ2v) is 8.50. The van der Waals surface area contributed by atoms with E-state index < -0.39 is 95.6 Å². The number of rotatable bonds is 2. The monoisotopic (exact) mass is 460 g/mol. The van der Waals surface area contributed by atoms with Gasteiger partial charge in [-0.2, -0.15) is 16.8 Å². The molecule has 0 aliphatic rings. The molecular weight excluding hydrogens is 456 g/mol. The van der Waals surface area contributed by atoms with Crippen LogP contribution in [-0.2, 0) is 20.2 Å². The fourth-order valence-corrected chi connectivity index (χ4v) is 4.28. The van der Waals surface area contributed by atoms with E-state index in [1.165, 1.54) is 0 Å². The van der Waals surface area contributed by atoms with Gasteiger partial charge in [-0.05, 0) is 0 Å². The maximum absolute atomic E-state index is 12.6. The fourth-order valence-electron chi connectivity index (χ4n) is 2.93. The third kappa shape index (κ3) is 2.55. The summed E-state index contributed by atoms with van der Waals surface area (Å²) in [5, 5.41) is 12.9. The van der Waals surface area contributed by atoms with Gasteiger partial charge < -0.3 is 10.2 Å². The number of fused-ring (bicyclic) bond motifs is 2. The van der Waals surface area contributed by atoms with Gasteiger partial charge in [0.15, 0.2) is 21.3 Å². The third-order valence-corrected chi connectivity index (χ3v) is 5.89. The number of phenols is 2. The zero-order valence-corrected chi connectivity index (χ0v) is 15.3. The van der Waals surface area contributed by atoms with E-state index in [-0.39, 0.29) is 0 Å². The van der Waals surface area contributed by atoms with Gasteiger partial charge in [-0.3, -0.25) is 37.9 Å². The van der Waals surface area contributed by atoms with Gasteiger partial charge >= 0.3 is 20.2 Å². The van der Waals surface area contributed by atoms with Crippen molar-refractivity contribution in [3.63, 3.8) is 0 Å². The molecule has 14 nitrogen and oxygen atoms in total. The van der Waals surface area contributed by atoms with E-state index >= 15 is 0 Å². The van der Waals surface area contributed by atoms with Crippen LogP contribution >= 0.6 is 0 Å². The SMILES string of the molecule is O=c1c(O)c(S(=O)(=O)O)c(=O)c2c(=O)c3c(=O)c(O)c(S(=O)(=O)O)c(=O)c3c(=O)c12. The Morgan fingerprint density at radius 2 is 0.667 bits per heavy atom. The summed E-state index contributed by atoms with van der Waals surface area (Å²) < 4.78 is 63.2. The zero-order valence-electron chi connectivity index (χ0n) is 13.7. The van der Waals surface area contributed by atoms with Crippen molar-refractivity contribution >= 4 is 41.8 Å². The van der Waals surface area contributed by atoms with Crippen LogP contribution in [0.25, 0.3) is 21.5 Å². The van der Waals surface area contributed by atoms with Crippen molar-refractivity contribution in [2.24, 2.45) is 0 Å². The van der Waals surface area contributed by atoms with Gasteiger partial charge in [0.25, 0.3) is 0 Å². The highest BCUT2D eigenvalue weighted by Crippen LogP contribution is 2.19. The van der Waals surface area contributed by atoms with E-state index in [1.807, 2.05) is 0 Å². The first-order valence-corrected chi connectivity index (χ1v) is 9.99. The molecule has 0 spiro atoms. The van der Waals surface area contributed by atoms with Gasteiger partial charge in [0, 0.05) is 0 Å². The Morgan fingerprint density at radius 1 is 0.433 bits per heavy atom. The lowest BCUT2D eigenvalue weighted by molar-refractivity contribution is 0.436. The normalized spacial score (nSPS) is 12.6. The van der Waals surface area contributed by atoms with Crippen molar-refractivity contribution in [1.29, 1.82) is 0 Å². The molecule has 0 heterocycles. The predicted octanol–water partition coefficient (Wildman–Crippen LogP) is -3.63. The number of benzene rings is 3. The van der Waals surface area contributed by atoms with E-state index in [4.69, 9.17) is 9.11 Å². The molecule has 0 radical (unpaired) electrons. The van der Waals surface area contributed by atoms with Crippen LogP contribution in [0.15, 0.2) is 38.6 Å². The molecule has 0 aliphatic heterocycles. The highest BCUT2D eigenvalue weighted by atomic mass is 32.2. The standard InChI is InChI=1S/C14H4O14S2/c15-5-1-3(9(19)13(29(23,24)25)11(21)7(1)17)6(16)2-4(5)10(20)14(30(26,27)28)12(22)8(2)18/h21-22H,(H,23,24,25)(H,26,27,28). The maximum atomic E-state index is 12.6. The van der Waals surface area contributed by atoms with Crippen LogP contribution < -0.4 is 32.6 Å². The molecule has 156 valence electrons. The Morgan fingerprint density at radius 3 is 0.900 bits per heavy atom. The molecule has 16 heteroatoms. The molecule has 3 rings (SSSR count). The number of hydrogen-bond donors (Lipinski definition) is 4. The first-order valence-electron chi connectivity index (χ1n) is 7.11. The lowest BCUT2D eigenvalue weighted by atomic mass is 10.00. The molecule has 30 heavy (non-hydrogen) atoms. The van der Waals surface area contributed by atoms with Gasteiger partial charge in [0.2, 0.25) is 32.6 Å². The summed E-state index contributed by atoms with van der Waals surface area (Å²) in [7, 11) is -11.2. The average Bonchev–Trinajstić information content (AvgIpc) is 2.56. The molecule has 3 aromatic rings. The lowest BCUT2D eigenvalue weighted by Crippen LogP contribution is -2.35. The van der Waals surface area contributed by atoms with Crippen molar-refractivity contribution in [1.82, 2.24) is 0 Å². The summed E-state index contributed by atoms with van der Waals surface area (Å²) in [4.78, 5) is 70.3. The molecule has 0 aliphatic carbocycles. The molecule has 0 aromatic heterocycles. The average molecular weight is 460 g/mol. The summed E-state index contributed by atoms with van der Waals surface area (Å²) in [6.45, 7) is 0. The number of hydrogen-bond acceptors (Lipinski definition) is 12. The minimum absolute atomic E-state index is 1.58. The molecule has 0 saturated heterocycles. The Bertz CT molecular complexity index is 1720. The molecule has 0 fully saturated rings. The van der Waals surface area contributed by atoms with Crippen LogP contribution in [0.3, 0.4) is 0 Å². The molecule has 0 unspecified atom stereocenters. The number of aromatic hydroxyl groups is 2. The zero-order chi connectivity index (χ0) is 23.1. The van der Waals surface area contributed by atoms with Gasteiger partial charge in [-0.1, -0.05) is 0 Å². The van der Waals surface area contributed by atoms with Gasteiger partial charge in [0.1, 0.15) is 0 Å². The number of phenolic OH excluding ortho intramolecular Hbond substituents is 2. The van der Waals surface area contributed by atoms with Crippen molar-refractivity contribution < 1.29 is 36.2 Å². The predicted molar refractivity (Wildman–Crippen MR) is 95.6 cm³/mol. The van der Waals surface area contributed by atoms with Crippen LogP contribution in [-0.4, -0.2) is 36.2 Å². The van der Waals surface area contributed by atoms with Crippen LogP contribution in [0, 0.1) is 0 Å². The highest BCUT2D eigenvalue weighted by Gasteiger charge is 2.33. The van der Waals surface area contributed by atoms with Gasteiger partial charge in [-0.25, -0.2) is 0 Å². The molecule has 0 atom stereocenters. The maximum Gasteiger partial charge on any atom is 0.302 e. The molecule has 0 bridgehead atoms. The lowest BCUT2D eigenvalue weighted by Gasteiger charge is -2.05. The Kier molecular flexibility index (Phi) is 4.19. The Balaban J connectivity index is 2.98. The molecule has 0 amide bonds. The van der Waals surface area contributed by atoms with Crippen molar-refractivity contribution in [2.45, 2.75) is 9.79 Å². The second-order valence-electron chi connectivity index (χ2n) is 5.78. The third-order valence-electron chi connectivity index (χ3n) is 4.11. The first kappa shape index (κ1) is 21.1.